The van der Waals surface area contributed by atoms with Crippen molar-refractivity contribution in [1.82, 2.24) is 14.8 Å². The maximum atomic E-state index is 13.0. The first-order valence-electron chi connectivity index (χ1n) is 9.06. The second kappa shape index (κ2) is 8.94. The van der Waals surface area contributed by atoms with Crippen LogP contribution in [-0.2, 0) is 11.0 Å². The number of hydrogen-bond donors (Lipinski definition) is 1. The van der Waals surface area contributed by atoms with Crippen molar-refractivity contribution in [3.63, 3.8) is 0 Å². The summed E-state index contributed by atoms with van der Waals surface area (Å²) in [7, 11) is 0. The van der Waals surface area contributed by atoms with Crippen molar-refractivity contribution in [2.24, 2.45) is 0 Å². The molecule has 4 aromatic rings. The molecule has 0 fully saturated rings. The number of aromatic nitrogens is 3. The maximum absolute atomic E-state index is 13.0. The lowest BCUT2D eigenvalue weighted by Crippen LogP contribution is -2.14. The number of hydrogen-bond acceptors (Lipinski definition) is 5. The van der Waals surface area contributed by atoms with E-state index in [-0.39, 0.29) is 11.7 Å². The summed E-state index contributed by atoms with van der Waals surface area (Å²) >= 11 is 2.60. The standard InChI is InChI=1S/C21H15F3N4OS2/c22-21(23,24)14-8-10-16(11-9-14)28-19(17-7-4-12-30-17)26-27-20(28)31-13-18(29)25-15-5-2-1-3-6-15/h1-12H,13H2,(H,25,29). The molecule has 2 aromatic heterocycles. The second-order valence-electron chi connectivity index (χ2n) is 6.37. The lowest BCUT2D eigenvalue weighted by molar-refractivity contribution is -0.137. The van der Waals surface area contributed by atoms with Crippen molar-refractivity contribution in [1.29, 1.82) is 0 Å². The molecule has 158 valence electrons. The number of para-hydroxylation sites is 1. The normalized spacial score (nSPS) is 11.5. The first kappa shape index (κ1) is 21.1. The summed E-state index contributed by atoms with van der Waals surface area (Å²) in [6.07, 6.45) is -4.42. The molecule has 0 radical (unpaired) electrons. The number of carbonyl (C=O) groups excluding carboxylic acids is 1. The van der Waals surface area contributed by atoms with Crippen LogP contribution in [0.25, 0.3) is 16.4 Å². The van der Waals surface area contributed by atoms with E-state index < -0.39 is 11.7 Å². The van der Waals surface area contributed by atoms with Gasteiger partial charge in [0.15, 0.2) is 11.0 Å². The second-order valence-corrected chi connectivity index (χ2v) is 8.26. The van der Waals surface area contributed by atoms with E-state index in [1.165, 1.54) is 23.5 Å². The SMILES string of the molecule is O=C(CSc1nnc(-c2cccs2)n1-c1ccc(C(F)(F)F)cc1)Nc1ccccc1. The summed E-state index contributed by atoms with van der Waals surface area (Å²) in [6.45, 7) is 0. The Morgan fingerprint density at radius 1 is 1.00 bits per heavy atom. The third-order valence-corrected chi connectivity index (χ3v) is 6.01. The van der Waals surface area contributed by atoms with Crippen LogP contribution in [0.2, 0.25) is 0 Å². The van der Waals surface area contributed by atoms with Gasteiger partial charge in [-0.05, 0) is 47.8 Å². The molecule has 0 spiro atoms. The predicted octanol–water partition coefficient (Wildman–Crippen LogP) is 5.75. The highest BCUT2D eigenvalue weighted by Gasteiger charge is 2.30. The van der Waals surface area contributed by atoms with Crippen LogP contribution < -0.4 is 5.32 Å². The molecular formula is C21H15F3N4OS2. The number of nitrogens with zero attached hydrogens (tertiary/aromatic N) is 3. The van der Waals surface area contributed by atoms with E-state index in [1.807, 2.05) is 35.7 Å². The number of carbonyl (C=O) groups is 1. The molecule has 4 rings (SSSR count). The summed E-state index contributed by atoms with van der Waals surface area (Å²) in [5, 5.41) is 13.5. The first-order chi connectivity index (χ1) is 14.9. The van der Waals surface area contributed by atoms with Crippen molar-refractivity contribution in [3.05, 3.63) is 77.7 Å². The Labute approximate surface area is 183 Å². The van der Waals surface area contributed by atoms with Crippen LogP contribution in [0.1, 0.15) is 5.56 Å². The average Bonchev–Trinajstić information content (AvgIpc) is 3.42. The molecule has 2 aromatic carbocycles. The number of thiophene rings is 1. The van der Waals surface area contributed by atoms with Gasteiger partial charge in [-0.1, -0.05) is 36.0 Å². The highest BCUT2D eigenvalue weighted by Crippen LogP contribution is 2.33. The lowest BCUT2D eigenvalue weighted by Gasteiger charge is -2.12. The summed E-state index contributed by atoms with van der Waals surface area (Å²) in [5.41, 5.74) is 0.419. The van der Waals surface area contributed by atoms with Gasteiger partial charge in [0.25, 0.3) is 0 Å². The number of nitrogens with one attached hydrogen (secondary N) is 1. The molecular weight excluding hydrogens is 445 g/mol. The molecule has 10 heteroatoms. The Morgan fingerprint density at radius 3 is 2.39 bits per heavy atom. The van der Waals surface area contributed by atoms with Gasteiger partial charge in [0, 0.05) is 11.4 Å². The number of thioether (sulfide) groups is 1. The van der Waals surface area contributed by atoms with Gasteiger partial charge in [-0.15, -0.1) is 21.5 Å². The van der Waals surface area contributed by atoms with Crippen molar-refractivity contribution in [3.8, 4) is 16.4 Å². The minimum atomic E-state index is -4.42. The number of rotatable bonds is 6. The van der Waals surface area contributed by atoms with Crippen LogP contribution in [0, 0.1) is 0 Å². The zero-order chi connectivity index (χ0) is 21.8. The van der Waals surface area contributed by atoms with Crippen LogP contribution >= 0.6 is 23.1 Å². The molecule has 0 aliphatic carbocycles. The smallest absolute Gasteiger partial charge is 0.325 e. The fourth-order valence-electron chi connectivity index (χ4n) is 2.81. The molecule has 1 amide bonds. The van der Waals surface area contributed by atoms with Gasteiger partial charge >= 0.3 is 6.18 Å². The zero-order valence-corrected chi connectivity index (χ0v) is 17.5. The quantitative estimate of drug-likeness (QED) is 0.373. The third-order valence-electron chi connectivity index (χ3n) is 4.22. The Hall–Kier alpha value is -3.11. The molecule has 0 atom stereocenters. The van der Waals surface area contributed by atoms with Gasteiger partial charge in [-0.3, -0.25) is 9.36 Å². The molecule has 0 saturated carbocycles. The minimum Gasteiger partial charge on any atom is -0.325 e. The Bertz CT molecular complexity index is 1160. The Balaban J connectivity index is 1.60. The predicted molar refractivity (Wildman–Crippen MR) is 115 cm³/mol. The van der Waals surface area contributed by atoms with Gasteiger partial charge < -0.3 is 5.32 Å². The maximum Gasteiger partial charge on any atom is 0.416 e. The molecule has 2 heterocycles. The molecule has 5 nitrogen and oxygen atoms in total. The monoisotopic (exact) mass is 460 g/mol. The van der Waals surface area contributed by atoms with Crippen molar-refractivity contribution < 1.29 is 18.0 Å². The van der Waals surface area contributed by atoms with Gasteiger partial charge in [-0.2, -0.15) is 13.2 Å². The van der Waals surface area contributed by atoms with Gasteiger partial charge in [0.1, 0.15) is 0 Å². The number of benzene rings is 2. The van der Waals surface area contributed by atoms with Crippen LogP contribution in [0.4, 0.5) is 18.9 Å². The average molecular weight is 461 g/mol. The van der Waals surface area contributed by atoms with Gasteiger partial charge in [0.05, 0.1) is 16.2 Å². The lowest BCUT2D eigenvalue weighted by atomic mass is 10.2. The molecule has 0 aliphatic heterocycles. The minimum absolute atomic E-state index is 0.0676. The number of amides is 1. The highest BCUT2D eigenvalue weighted by atomic mass is 32.2. The molecule has 0 aliphatic rings. The number of anilines is 1. The van der Waals surface area contributed by atoms with Crippen LogP contribution in [-0.4, -0.2) is 26.4 Å². The molecule has 31 heavy (non-hydrogen) atoms. The zero-order valence-electron chi connectivity index (χ0n) is 15.8. The van der Waals surface area contributed by atoms with Gasteiger partial charge in [-0.25, -0.2) is 0 Å². The first-order valence-corrected chi connectivity index (χ1v) is 10.9. The van der Waals surface area contributed by atoms with E-state index in [2.05, 4.69) is 15.5 Å². The van der Waals surface area contributed by atoms with E-state index in [0.717, 1.165) is 28.8 Å². The van der Waals surface area contributed by atoms with E-state index in [1.54, 1.807) is 16.7 Å². The fraction of sp³-hybridized carbons (Fsp3) is 0.0952. The fourth-order valence-corrected chi connectivity index (χ4v) is 4.26. The summed E-state index contributed by atoms with van der Waals surface area (Å²) in [4.78, 5) is 13.1. The summed E-state index contributed by atoms with van der Waals surface area (Å²) < 4.78 is 40.5. The molecule has 0 bridgehead atoms. The summed E-state index contributed by atoms with van der Waals surface area (Å²) in [6, 6.07) is 17.5. The number of alkyl halides is 3. The highest BCUT2D eigenvalue weighted by molar-refractivity contribution is 7.99. The van der Waals surface area contributed by atoms with E-state index in [0.29, 0.717) is 22.4 Å². The van der Waals surface area contributed by atoms with E-state index in [9.17, 15) is 18.0 Å². The van der Waals surface area contributed by atoms with E-state index >= 15 is 0 Å². The third kappa shape index (κ3) is 4.97. The van der Waals surface area contributed by atoms with Crippen LogP contribution in [0.5, 0.6) is 0 Å². The van der Waals surface area contributed by atoms with E-state index in [4.69, 9.17) is 0 Å². The van der Waals surface area contributed by atoms with Crippen LogP contribution in [0.15, 0.2) is 77.3 Å². The molecule has 1 N–H and O–H groups in total. The largest absolute Gasteiger partial charge is 0.416 e. The van der Waals surface area contributed by atoms with Crippen molar-refractivity contribution in [2.45, 2.75) is 11.3 Å². The number of halogens is 3. The molecule has 0 unspecified atom stereocenters. The van der Waals surface area contributed by atoms with Crippen LogP contribution in [0.3, 0.4) is 0 Å². The Kier molecular flexibility index (Phi) is 6.10. The molecule has 0 saturated heterocycles. The van der Waals surface area contributed by atoms with Crippen molar-refractivity contribution >= 4 is 34.7 Å². The Morgan fingerprint density at radius 2 is 1.74 bits per heavy atom. The van der Waals surface area contributed by atoms with Gasteiger partial charge in [0.2, 0.25) is 5.91 Å². The summed E-state index contributed by atoms with van der Waals surface area (Å²) in [5.74, 6) is 0.342. The van der Waals surface area contributed by atoms with Crippen molar-refractivity contribution in [2.75, 3.05) is 11.1 Å². The topological polar surface area (TPSA) is 59.8 Å².